The van der Waals surface area contributed by atoms with E-state index in [1.54, 1.807) is 26.8 Å². The average molecular weight is 335 g/mol. The van der Waals surface area contributed by atoms with Crippen LogP contribution in [0.1, 0.15) is 31.2 Å². The zero-order valence-electron chi connectivity index (χ0n) is 11.0. The predicted molar refractivity (Wildman–Crippen MR) is 76.0 cm³/mol. The molecule has 0 aliphatic carbocycles. The van der Waals surface area contributed by atoms with Crippen molar-refractivity contribution in [2.45, 2.75) is 31.6 Å². The molecule has 2 aromatic heterocycles. The largest absolute Gasteiger partial charge is 0.266 e. The van der Waals surface area contributed by atoms with Crippen molar-refractivity contribution in [1.82, 2.24) is 19.7 Å². The van der Waals surface area contributed by atoms with Gasteiger partial charge in [-0.15, -0.1) is 0 Å². The Morgan fingerprint density at radius 3 is 2.40 bits per heavy atom. The number of aryl methyl sites for hydroxylation is 1. The van der Waals surface area contributed by atoms with Crippen molar-refractivity contribution in [2.75, 3.05) is 0 Å². The molecule has 6 nitrogen and oxygen atoms in total. The summed E-state index contributed by atoms with van der Waals surface area (Å²) in [6.45, 7) is 5.39. The third-order valence-corrected chi connectivity index (χ3v) is 4.42. The molecule has 20 heavy (non-hydrogen) atoms. The van der Waals surface area contributed by atoms with Crippen LogP contribution in [0.15, 0.2) is 17.3 Å². The van der Waals surface area contributed by atoms with Gasteiger partial charge in [0.1, 0.15) is 11.2 Å². The molecule has 108 valence electrons. The average Bonchev–Trinajstić information content (AvgIpc) is 2.66. The van der Waals surface area contributed by atoms with Crippen molar-refractivity contribution in [3.8, 4) is 5.82 Å². The van der Waals surface area contributed by atoms with Gasteiger partial charge < -0.3 is 0 Å². The number of aromatic nitrogens is 4. The molecule has 9 heteroatoms. The highest BCUT2D eigenvalue weighted by Crippen LogP contribution is 2.33. The zero-order valence-corrected chi connectivity index (χ0v) is 13.3. The Morgan fingerprint density at radius 1 is 1.30 bits per heavy atom. The first-order chi connectivity index (χ1) is 9.21. The normalized spacial score (nSPS) is 12.1. The van der Waals surface area contributed by atoms with Gasteiger partial charge in [0.05, 0.1) is 5.69 Å². The van der Waals surface area contributed by atoms with Crippen molar-refractivity contribution < 1.29 is 8.42 Å². The molecule has 0 radical (unpaired) electrons. The summed E-state index contributed by atoms with van der Waals surface area (Å²) in [4.78, 5) is 7.83. The van der Waals surface area contributed by atoms with Gasteiger partial charge >= 0.3 is 0 Å². The van der Waals surface area contributed by atoms with Gasteiger partial charge in [-0.05, 0) is 12.8 Å². The van der Waals surface area contributed by atoms with Crippen LogP contribution in [0.3, 0.4) is 0 Å². The molecule has 0 aliphatic rings. The second-order valence-electron chi connectivity index (χ2n) is 4.53. The van der Waals surface area contributed by atoms with Crippen molar-refractivity contribution in [2.24, 2.45) is 0 Å². The van der Waals surface area contributed by atoms with Crippen molar-refractivity contribution in [3.05, 3.63) is 28.9 Å². The van der Waals surface area contributed by atoms with Gasteiger partial charge in [0.2, 0.25) is 0 Å². The highest BCUT2D eigenvalue weighted by atomic mass is 35.7. The van der Waals surface area contributed by atoms with E-state index in [0.717, 1.165) is 0 Å². The van der Waals surface area contributed by atoms with E-state index in [1.165, 1.54) is 11.0 Å². The van der Waals surface area contributed by atoms with Crippen LogP contribution >= 0.6 is 22.3 Å². The molecule has 2 aromatic rings. The molecule has 0 saturated heterocycles. The fourth-order valence-electron chi connectivity index (χ4n) is 1.71. The molecule has 0 unspecified atom stereocenters. The quantitative estimate of drug-likeness (QED) is 0.806. The van der Waals surface area contributed by atoms with Crippen molar-refractivity contribution in [1.29, 1.82) is 0 Å². The molecular formula is C11H12Cl2N4O2S. The van der Waals surface area contributed by atoms with Gasteiger partial charge in [-0.2, -0.15) is 5.10 Å². The minimum Gasteiger partial charge on any atom is -0.242 e. The molecule has 2 rings (SSSR count). The van der Waals surface area contributed by atoms with Crippen LogP contribution in [-0.2, 0) is 9.05 Å². The van der Waals surface area contributed by atoms with Gasteiger partial charge in [-0.3, -0.25) is 0 Å². The molecule has 0 amide bonds. The monoisotopic (exact) mass is 334 g/mol. The Bertz CT molecular complexity index is 756. The fraction of sp³-hybridized carbons (Fsp3) is 0.364. The fourth-order valence-corrected chi connectivity index (χ4v) is 3.62. The molecule has 0 atom stereocenters. The summed E-state index contributed by atoms with van der Waals surface area (Å²) < 4.78 is 24.6. The van der Waals surface area contributed by atoms with Gasteiger partial charge in [-0.25, -0.2) is 23.1 Å². The minimum atomic E-state index is -3.99. The first-order valence-electron chi connectivity index (χ1n) is 5.74. The van der Waals surface area contributed by atoms with Crippen LogP contribution in [0.2, 0.25) is 5.15 Å². The number of nitrogens with zero attached hydrogens (tertiary/aromatic N) is 4. The number of hydrogen-bond acceptors (Lipinski definition) is 5. The molecule has 0 aliphatic heterocycles. The number of hydrogen-bond donors (Lipinski definition) is 0. The third-order valence-electron chi connectivity index (χ3n) is 2.61. The smallest absolute Gasteiger partial charge is 0.242 e. The maximum absolute atomic E-state index is 11.7. The first kappa shape index (κ1) is 15.2. The molecule has 0 N–H and O–H groups in total. The second-order valence-corrected chi connectivity index (χ2v) is 7.39. The Kier molecular flexibility index (Phi) is 4.04. The van der Waals surface area contributed by atoms with Gasteiger partial charge in [0.25, 0.3) is 9.05 Å². The van der Waals surface area contributed by atoms with Crippen LogP contribution in [-0.4, -0.2) is 28.2 Å². The highest BCUT2D eigenvalue weighted by molar-refractivity contribution is 8.13. The molecule has 2 heterocycles. The summed E-state index contributed by atoms with van der Waals surface area (Å²) in [6, 6.07) is 1.65. The van der Waals surface area contributed by atoms with Gasteiger partial charge in [0.15, 0.2) is 11.0 Å². The lowest BCUT2D eigenvalue weighted by molar-refractivity contribution is 0.607. The third kappa shape index (κ3) is 2.79. The van der Waals surface area contributed by atoms with Crippen molar-refractivity contribution in [3.63, 3.8) is 0 Å². The summed E-state index contributed by atoms with van der Waals surface area (Å²) in [5, 5.41) is 4.14. The van der Waals surface area contributed by atoms with E-state index in [9.17, 15) is 8.42 Å². The molecule has 0 bridgehead atoms. The van der Waals surface area contributed by atoms with E-state index in [-0.39, 0.29) is 16.0 Å². The number of rotatable bonds is 3. The van der Waals surface area contributed by atoms with E-state index < -0.39 is 9.05 Å². The minimum absolute atomic E-state index is 0.0817. The van der Waals surface area contributed by atoms with Crippen LogP contribution in [0.25, 0.3) is 5.82 Å². The summed E-state index contributed by atoms with van der Waals surface area (Å²) in [7, 11) is 1.45. The van der Waals surface area contributed by atoms with Crippen LogP contribution in [0, 0.1) is 6.92 Å². The maximum atomic E-state index is 11.7. The molecule has 0 fully saturated rings. The van der Waals surface area contributed by atoms with Crippen LogP contribution in [0.5, 0.6) is 0 Å². The summed E-state index contributed by atoms with van der Waals surface area (Å²) in [6.07, 6.45) is 1.35. The Hall–Kier alpha value is -1.18. The van der Waals surface area contributed by atoms with E-state index in [1.807, 2.05) is 0 Å². The van der Waals surface area contributed by atoms with E-state index in [0.29, 0.717) is 17.2 Å². The van der Waals surface area contributed by atoms with Crippen LogP contribution < -0.4 is 0 Å². The zero-order chi connectivity index (χ0) is 15.1. The van der Waals surface area contributed by atoms with Crippen LogP contribution in [0.4, 0.5) is 0 Å². The molecular weight excluding hydrogens is 323 g/mol. The Labute approximate surface area is 126 Å². The molecule has 0 aromatic carbocycles. The van der Waals surface area contributed by atoms with E-state index >= 15 is 0 Å². The summed E-state index contributed by atoms with van der Waals surface area (Å²) in [5.41, 5.74) is 1.02. The summed E-state index contributed by atoms with van der Waals surface area (Å²) in [5.74, 6) is 0.233. The SMILES string of the molecule is Cc1cc(-n2nc(C(C)C)c(S(=O)(=O)Cl)c2Cl)ncn1. The van der Waals surface area contributed by atoms with Crippen molar-refractivity contribution >= 4 is 31.3 Å². The standard InChI is InChI=1S/C11H12Cl2N4O2S/c1-6(2)9-10(20(13,18)19)11(12)17(16-9)8-4-7(3)14-5-15-8/h4-6H,1-3H3. The number of halogens is 2. The Morgan fingerprint density at radius 2 is 1.95 bits per heavy atom. The predicted octanol–water partition coefficient (Wildman–Crippen LogP) is 2.68. The second kappa shape index (κ2) is 5.31. The van der Waals surface area contributed by atoms with Gasteiger partial charge in [0, 0.05) is 22.4 Å². The molecule has 0 spiro atoms. The van der Waals surface area contributed by atoms with E-state index in [2.05, 4.69) is 15.1 Å². The summed E-state index contributed by atoms with van der Waals surface area (Å²) >= 11 is 6.12. The lowest BCUT2D eigenvalue weighted by atomic mass is 10.1. The maximum Gasteiger partial charge on any atom is 0.266 e. The van der Waals surface area contributed by atoms with Gasteiger partial charge in [-0.1, -0.05) is 25.4 Å². The molecule has 0 saturated carbocycles. The van der Waals surface area contributed by atoms with E-state index in [4.69, 9.17) is 22.3 Å². The topological polar surface area (TPSA) is 77.7 Å². The Balaban J connectivity index is 2.75. The highest BCUT2D eigenvalue weighted by Gasteiger charge is 2.28. The lowest BCUT2D eigenvalue weighted by Gasteiger charge is -2.02. The first-order valence-corrected chi connectivity index (χ1v) is 8.42. The lowest BCUT2D eigenvalue weighted by Crippen LogP contribution is -2.02.